The van der Waals surface area contributed by atoms with Gasteiger partial charge in [-0.3, -0.25) is 10.1 Å². The lowest BCUT2D eigenvalue weighted by Gasteiger charge is -2.13. The van der Waals surface area contributed by atoms with Gasteiger partial charge >= 0.3 is 0 Å². The number of anilines is 1. The molecule has 0 bridgehead atoms. The minimum absolute atomic E-state index is 0.209. The lowest BCUT2D eigenvalue weighted by molar-refractivity contribution is 0.0977. The van der Waals surface area contributed by atoms with Crippen molar-refractivity contribution in [2.45, 2.75) is 20.8 Å². The van der Waals surface area contributed by atoms with E-state index in [4.69, 9.17) is 17.0 Å². The van der Waals surface area contributed by atoms with Crippen molar-refractivity contribution in [3.63, 3.8) is 0 Å². The Labute approximate surface area is 188 Å². The summed E-state index contributed by atoms with van der Waals surface area (Å²) in [5.41, 5.74) is 3.16. The number of rotatable bonds is 5. The number of aromatic nitrogens is 4. The number of thiocarbonyl (C=S) groups is 1. The number of hydrogen-bond acceptors (Lipinski definition) is 7. The van der Waals surface area contributed by atoms with Crippen LogP contribution >= 0.6 is 23.6 Å². The molecule has 4 aromatic rings. The molecule has 0 radical (unpaired) electrons. The van der Waals surface area contributed by atoms with Crippen LogP contribution in [0.4, 0.5) is 5.69 Å². The summed E-state index contributed by atoms with van der Waals surface area (Å²) in [6, 6.07) is 12.9. The van der Waals surface area contributed by atoms with E-state index in [2.05, 4.69) is 25.9 Å². The van der Waals surface area contributed by atoms with Gasteiger partial charge in [-0.05, 0) is 62.8 Å². The summed E-state index contributed by atoms with van der Waals surface area (Å²) in [7, 11) is 0. The van der Waals surface area contributed by atoms with Crippen molar-refractivity contribution in [2.75, 3.05) is 11.9 Å². The molecular weight excluding hydrogens is 432 g/mol. The predicted octanol–water partition coefficient (Wildman–Crippen LogP) is 4.00. The number of aryl methyl sites for hydroxylation is 2. The standard InChI is InChI=1S/C21H20N6O2S2/c1-4-29-16-7-5-6-14(10-16)18(28)23-20(30)22-17-11-15(9-8-12(17)2)19-26-27-13(3)24-25-21(27)31-19/h5-11H,4H2,1-3H3,(H2,22,23,28,30). The van der Waals surface area contributed by atoms with E-state index in [1.807, 2.05) is 39.0 Å². The Kier molecular flexibility index (Phi) is 5.92. The Balaban J connectivity index is 1.49. The smallest absolute Gasteiger partial charge is 0.257 e. The summed E-state index contributed by atoms with van der Waals surface area (Å²) in [5.74, 6) is 1.06. The quantitative estimate of drug-likeness (QED) is 0.442. The largest absolute Gasteiger partial charge is 0.494 e. The summed E-state index contributed by atoms with van der Waals surface area (Å²) in [6.45, 7) is 6.24. The zero-order valence-corrected chi connectivity index (χ0v) is 18.8. The van der Waals surface area contributed by atoms with Crippen LogP contribution in [0.15, 0.2) is 42.5 Å². The number of nitrogens with zero attached hydrogens (tertiary/aromatic N) is 4. The number of benzene rings is 2. The first-order valence-electron chi connectivity index (χ1n) is 9.59. The van der Waals surface area contributed by atoms with Crippen LogP contribution in [0.5, 0.6) is 5.75 Å². The SMILES string of the molecule is CCOc1cccc(C(=O)NC(=S)Nc2cc(-c3nn4c(C)nnc4s3)ccc2C)c1. The number of amides is 1. The monoisotopic (exact) mass is 452 g/mol. The van der Waals surface area contributed by atoms with Crippen LogP contribution in [-0.2, 0) is 0 Å². The molecule has 0 aliphatic rings. The first-order valence-corrected chi connectivity index (χ1v) is 10.8. The average molecular weight is 453 g/mol. The Bertz CT molecular complexity index is 1280. The highest BCUT2D eigenvalue weighted by Crippen LogP contribution is 2.29. The second kappa shape index (κ2) is 8.78. The number of carbonyl (C=O) groups excluding carboxylic acids is 1. The molecule has 8 nitrogen and oxygen atoms in total. The lowest BCUT2D eigenvalue weighted by atomic mass is 10.1. The van der Waals surface area contributed by atoms with Crippen LogP contribution in [-0.4, -0.2) is 37.4 Å². The highest BCUT2D eigenvalue weighted by molar-refractivity contribution is 7.80. The minimum Gasteiger partial charge on any atom is -0.494 e. The van der Waals surface area contributed by atoms with Gasteiger partial charge in [0.2, 0.25) is 4.96 Å². The number of nitrogens with one attached hydrogen (secondary N) is 2. The number of hydrogen-bond donors (Lipinski definition) is 2. The fourth-order valence-corrected chi connectivity index (χ4v) is 4.03. The molecule has 31 heavy (non-hydrogen) atoms. The van der Waals surface area contributed by atoms with E-state index in [1.54, 1.807) is 28.8 Å². The van der Waals surface area contributed by atoms with Crippen LogP contribution < -0.4 is 15.4 Å². The maximum Gasteiger partial charge on any atom is 0.257 e. The topological polar surface area (TPSA) is 93.4 Å². The van der Waals surface area contributed by atoms with Gasteiger partial charge in [-0.25, -0.2) is 0 Å². The van der Waals surface area contributed by atoms with E-state index in [-0.39, 0.29) is 11.0 Å². The van der Waals surface area contributed by atoms with Gasteiger partial charge in [-0.15, -0.1) is 10.2 Å². The first kappa shape index (κ1) is 20.9. The van der Waals surface area contributed by atoms with Crippen LogP contribution in [0.25, 0.3) is 15.5 Å². The van der Waals surface area contributed by atoms with E-state index < -0.39 is 0 Å². The van der Waals surface area contributed by atoms with Gasteiger partial charge < -0.3 is 10.1 Å². The summed E-state index contributed by atoms with van der Waals surface area (Å²) in [6.07, 6.45) is 0. The third kappa shape index (κ3) is 4.54. The molecule has 0 spiro atoms. The van der Waals surface area contributed by atoms with Gasteiger partial charge in [0.15, 0.2) is 10.9 Å². The molecule has 158 valence electrons. The molecule has 0 saturated heterocycles. The van der Waals surface area contributed by atoms with E-state index in [9.17, 15) is 4.79 Å². The van der Waals surface area contributed by atoms with Crippen LogP contribution in [0.1, 0.15) is 28.7 Å². The van der Waals surface area contributed by atoms with Gasteiger partial charge in [0.25, 0.3) is 5.91 Å². The van der Waals surface area contributed by atoms with E-state index >= 15 is 0 Å². The first-order chi connectivity index (χ1) is 14.9. The molecule has 1 amide bonds. The molecule has 2 aromatic heterocycles. The maximum atomic E-state index is 12.6. The van der Waals surface area contributed by atoms with Crippen LogP contribution in [0.3, 0.4) is 0 Å². The van der Waals surface area contributed by atoms with E-state index in [0.29, 0.717) is 17.9 Å². The molecule has 2 N–H and O–H groups in total. The molecule has 10 heteroatoms. The second-order valence-electron chi connectivity index (χ2n) is 6.75. The van der Waals surface area contributed by atoms with Crippen molar-refractivity contribution < 1.29 is 9.53 Å². The highest BCUT2D eigenvalue weighted by Gasteiger charge is 2.13. The fraction of sp³-hybridized carbons (Fsp3) is 0.190. The molecular formula is C21H20N6O2S2. The number of fused-ring (bicyclic) bond motifs is 1. The molecule has 2 aromatic carbocycles. The fourth-order valence-electron chi connectivity index (χ4n) is 2.94. The molecule has 0 atom stereocenters. The summed E-state index contributed by atoms with van der Waals surface area (Å²) < 4.78 is 7.16. The second-order valence-corrected chi connectivity index (χ2v) is 8.11. The van der Waals surface area contributed by atoms with Crippen molar-refractivity contribution in [1.29, 1.82) is 0 Å². The summed E-state index contributed by atoms with van der Waals surface area (Å²) >= 11 is 6.82. The molecule has 0 unspecified atom stereocenters. The molecule has 0 aliphatic heterocycles. The predicted molar refractivity (Wildman–Crippen MR) is 125 cm³/mol. The van der Waals surface area contributed by atoms with Crippen molar-refractivity contribution in [2.24, 2.45) is 0 Å². The number of carbonyl (C=O) groups is 1. The van der Waals surface area contributed by atoms with E-state index in [0.717, 1.165) is 32.6 Å². The van der Waals surface area contributed by atoms with Crippen LogP contribution in [0, 0.1) is 13.8 Å². The molecule has 2 heterocycles. The third-order valence-electron chi connectivity index (χ3n) is 4.51. The third-order valence-corrected chi connectivity index (χ3v) is 5.67. The Hall–Kier alpha value is -3.37. The van der Waals surface area contributed by atoms with Gasteiger partial charge in [-0.2, -0.15) is 9.61 Å². The normalized spacial score (nSPS) is 10.8. The van der Waals surface area contributed by atoms with Crippen molar-refractivity contribution in [1.82, 2.24) is 25.1 Å². The summed E-state index contributed by atoms with van der Waals surface area (Å²) in [4.78, 5) is 13.3. The zero-order chi connectivity index (χ0) is 22.0. The molecule has 0 aliphatic carbocycles. The lowest BCUT2D eigenvalue weighted by Crippen LogP contribution is -2.34. The minimum atomic E-state index is -0.308. The van der Waals surface area contributed by atoms with Gasteiger partial charge in [0.1, 0.15) is 10.8 Å². The van der Waals surface area contributed by atoms with Crippen molar-refractivity contribution >= 4 is 45.2 Å². The van der Waals surface area contributed by atoms with Gasteiger partial charge in [0, 0.05) is 16.8 Å². The average Bonchev–Trinajstić information content (AvgIpc) is 3.32. The Morgan fingerprint density at radius 2 is 2.03 bits per heavy atom. The number of ether oxygens (including phenoxy) is 1. The Morgan fingerprint density at radius 1 is 1.19 bits per heavy atom. The maximum absolute atomic E-state index is 12.6. The zero-order valence-electron chi connectivity index (χ0n) is 17.2. The molecule has 4 rings (SSSR count). The van der Waals surface area contributed by atoms with Crippen molar-refractivity contribution in [3.05, 3.63) is 59.4 Å². The molecule has 0 saturated carbocycles. The highest BCUT2D eigenvalue weighted by atomic mass is 32.1. The van der Waals surface area contributed by atoms with Gasteiger partial charge in [0.05, 0.1) is 6.61 Å². The van der Waals surface area contributed by atoms with E-state index in [1.165, 1.54) is 11.3 Å². The van der Waals surface area contributed by atoms with Gasteiger partial charge in [-0.1, -0.05) is 29.5 Å². The van der Waals surface area contributed by atoms with Crippen LogP contribution in [0.2, 0.25) is 0 Å². The van der Waals surface area contributed by atoms with Crippen molar-refractivity contribution in [3.8, 4) is 16.3 Å². The summed E-state index contributed by atoms with van der Waals surface area (Å²) in [5, 5.41) is 19.5. The Morgan fingerprint density at radius 3 is 2.81 bits per heavy atom. The molecule has 0 fully saturated rings.